The lowest BCUT2D eigenvalue weighted by atomic mass is 10.0. The molecule has 0 aliphatic rings. The summed E-state index contributed by atoms with van der Waals surface area (Å²) in [7, 11) is 0. The van der Waals surface area contributed by atoms with E-state index in [4.69, 9.17) is 10.5 Å². The van der Waals surface area contributed by atoms with Gasteiger partial charge in [0.1, 0.15) is 5.75 Å². The van der Waals surface area contributed by atoms with Gasteiger partial charge in [0.2, 0.25) is 0 Å². The van der Waals surface area contributed by atoms with Crippen LogP contribution < -0.4 is 10.5 Å². The van der Waals surface area contributed by atoms with E-state index in [-0.39, 0.29) is 6.04 Å². The number of ether oxygens (including phenoxy) is 1. The van der Waals surface area contributed by atoms with E-state index in [9.17, 15) is 0 Å². The molecule has 0 amide bonds. The molecule has 0 aliphatic carbocycles. The van der Waals surface area contributed by atoms with Crippen LogP contribution in [0.1, 0.15) is 50.8 Å². The molecule has 2 nitrogen and oxygen atoms in total. The van der Waals surface area contributed by atoms with Crippen molar-refractivity contribution in [2.24, 2.45) is 11.7 Å². The number of benzene rings is 1. The first-order valence-electron chi connectivity index (χ1n) is 6.53. The van der Waals surface area contributed by atoms with Crippen LogP contribution in [-0.4, -0.2) is 6.61 Å². The Kier molecular flexibility index (Phi) is 5.49. The molecule has 1 aromatic rings. The second-order valence-electron chi connectivity index (χ2n) is 5.03. The van der Waals surface area contributed by atoms with Gasteiger partial charge < -0.3 is 10.5 Å². The Hall–Kier alpha value is -1.02. The van der Waals surface area contributed by atoms with Gasteiger partial charge >= 0.3 is 0 Å². The summed E-state index contributed by atoms with van der Waals surface area (Å²) in [6.45, 7) is 9.28. The Labute approximate surface area is 105 Å². The summed E-state index contributed by atoms with van der Waals surface area (Å²) in [6, 6.07) is 6.25. The minimum absolute atomic E-state index is 0.0204. The van der Waals surface area contributed by atoms with E-state index in [0.29, 0.717) is 5.92 Å². The van der Waals surface area contributed by atoms with Gasteiger partial charge in [0.05, 0.1) is 6.61 Å². The third-order valence-corrected chi connectivity index (χ3v) is 2.96. The molecule has 0 fully saturated rings. The lowest BCUT2D eigenvalue weighted by molar-refractivity contribution is 0.248. The number of rotatable bonds is 6. The fraction of sp³-hybridized carbons (Fsp3) is 0.600. The van der Waals surface area contributed by atoms with Crippen LogP contribution in [0, 0.1) is 12.8 Å². The number of hydrogen-bond acceptors (Lipinski definition) is 2. The Balaban J connectivity index is 2.71. The molecule has 0 heterocycles. The number of nitrogens with two attached hydrogens (primary N) is 1. The first kappa shape index (κ1) is 14.0. The van der Waals surface area contributed by atoms with Gasteiger partial charge in [-0.1, -0.05) is 32.4 Å². The average Bonchev–Trinajstić information content (AvgIpc) is 2.26. The largest absolute Gasteiger partial charge is 0.493 e. The minimum Gasteiger partial charge on any atom is -0.493 e. The van der Waals surface area contributed by atoms with Crippen molar-refractivity contribution in [2.45, 2.75) is 46.6 Å². The molecule has 2 atom stereocenters. The van der Waals surface area contributed by atoms with Crippen molar-refractivity contribution in [3.8, 4) is 5.75 Å². The zero-order chi connectivity index (χ0) is 12.8. The molecule has 2 N–H and O–H groups in total. The highest BCUT2D eigenvalue weighted by molar-refractivity contribution is 5.38. The molecule has 0 radical (unpaired) electrons. The van der Waals surface area contributed by atoms with Gasteiger partial charge in [-0.15, -0.1) is 0 Å². The molecule has 2 heteroatoms. The molecule has 0 saturated heterocycles. The molecule has 0 bridgehead atoms. The number of hydrogen-bond donors (Lipinski definition) is 1. The molecule has 0 saturated carbocycles. The van der Waals surface area contributed by atoms with Gasteiger partial charge in [-0.05, 0) is 37.8 Å². The summed E-state index contributed by atoms with van der Waals surface area (Å²) < 4.78 is 5.91. The van der Waals surface area contributed by atoms with Gasteiger partial charge in [-0.3, -0.25) is 0 Å². The lowest BCUT2D eigenvalue weighted by Crippen LogP contribution is -2.12. The maximum Gasteiger partial charge on any atom is 0.124 e. The normalized spacial score (nSPS) is 14.4. The van der Waals surface area contributed by atoms with Gasteiger partial charge in [-0.2, -0.15) is 0 Å². The first-order valence-corrected chi connectivity index (χ1v) is 6.53. The molecule has 96 valence electrons. The van der Waals surface area contributed by atoms with Gasteiger partial charge in [0, 0.05) is 11.6 Å². The van der Waals surface area contributed by atoms with E-state index in [1.807, 2.05) is 6.92 Å². The summed E-state index contributed by atoms with van der Waals surface area (Å²) in [5, 5.41) is 0. The van der Waals surface area contributed by atoms with Gasteiger partial charge in [0.25, 0.3) is 0 Å². The van der Waals surface area contributed by atoms with Crippen molar-refractivity contribution in [3.05, 3.63) is 29.3 Å². The van der Waals surface area contributed by atoms with Crippen LogP contribution >= 0.6 is 0 Å². The quantitative estimate of drug-likeness (QED) is 0.813. The minimum atomic E-state index is 0.0204. The van der Waals surface area contributed by atoms with E-state index in [1.165, 1.54) is 18.4 Å². The lowest BCUT2D eigenvalue weighted by Gasteiger charge is -2.17. The number of aryl methyl sites for hydroxylation is 1. The molecule has 0 aromatic heterocycles. The Morgan fingerprint density at radius 2 is 2.00 bits per heavy atom. The molecular formula is C15H25NO. The molecule has 1 rings (SSSR count). The summed E-state index contributed by atoms with van der Waals surface area (Å²) in [5.74, 6) is 1.55. The fourth-order valence-corrected chi connectivity index (χ4v) is 1.95. The van der Waals surface area contributed by atoms with Crippen molar-refractivity contribution >= 4 is 0 Å². The van der Waals surface area contributed by atoms with Gasteiger partial charge in [0.15, 0.2) is 0 Å². The van der Waals surface area contributed by atoms with Crippen LogP contribution in [0.2, 0.25) is 0 Å². The third-order valence-electron chi connectivity index (χ3n) is 2.96. The topological polar surface area (TPSA) is 35.2 Å². The Morgan fingerprint density at radius 1 is 1.29 bits per heavy atom. The standard InChI is InChI=1S/C15H25NO/c1-5-6-12(3)10-17-15-9-11(2)7-8-14(15)13(4)16/h7-9,12-13H,5-6,10,16H2,1-4H3/t12?,13-/m1/s1. The van der Waals surface area contributed by atoms with Crippen LogP contribution in [0.4, 0.5) is 0 Å². The van der Waals surface area contributed by atoms with Crippen molar-refractivity contribution in [3.63, 3.8) is 0 Å². The molecular weight excluding hydrogens is 210 g/mol. The summed E-state index contributed by atoms with van der Waals surface area (Å²) in [4.78, 5) is 0. The van der Waals surface area contributed by atoms with Crippen LogP contribution in [0.3, 0.4) is 0 Å². The first-order chi connectivity index (χ1) is 8.04. The fourth-order valence-electron chi connectivity index (χ4n) is 1.95. The third kappa shape index (κ3) is 4.39. The van der Waals surface area contributed by atoms with E-state index >= 15 is 0 Å². The second kappa shape index (κ2) is 6.65. The molecule has 0 aliphatic heterocycles. The monoisotopic (exact) mass is 235 g/mol. The average molecular weight is 235 g/mol. The van der Waals surface area contributed by atoms with E-state index in [2.05, 4.69) is 39.0 Å². The zero-order valence-corrected chi connectivity index (χ0v) is 11.5. The summed E-state index contributed by atoms with van der Waals surface area (Å²) in [6.07, 6.45) is 2.41. The zero-order valence-electron chi connectivity index (χ0n) is 11.5. The highest BCUT2D eigenvalue weighted by Crippen LogP contribution is 2.25. The predicted octanol–water partition coefficient (Wildman–Crippen LogP) is 3.83. The Morgan fingerprint density at radius 3 is 2.59 bits per heavy atom. The van der Waals surface area contributed by atoms with Crippen LogP contribution in [0.5, 0.6) is 5.75 Å². The molecule has 1 unspecified atom stereocenters. The maximum absolute atomic E-state index is 5.95. The van der Waals surface area contributed by atoms with E-state index in [0.717, 1.165) is 17.9 Å². The van der Waals surface area contributed by atoms with E-state index < -0.39 is 0 Å². The molecule has 17 heavy (non-hydrogen) atoms. The second-order valence-corrected chi connectivity index (χ2v) is 5.03. The smallest absolute Gasteiger partial charge is 0.124 e. The van der Waals surface area contributed by atoms with Crippen molar-refractivity contribution in [1.29, 1.82) is 0 Å². The highest BCUT2D eigenvalue weighted by Gasteiger charge is 2.09. The summed E-state index contributed by atoms with van der Waals surface area (Å²) >= 11 is 0. The SMILES string of the molecule is CCCC(C)COc1cc(C)ccc1[C@@H](C)N. The van der Waals surface area contributed by atoms with Crippen LogP contribution in [-0.2, 0) is 0 Å². The summed E-state index contributed by atoms with van der Waals surface area (Å²) in [5.41, 5.74) is 8.26. The van der Waals surface area contributed by atoms with Crippen LogP contribution in [0.25, 0.3) is 0 Å². The van der Waals surface area contributed by atoms with Gasteiger partial charge in [-0.25, -0.2) is 0 Å². The van der Waals surface area contributed by atoms with Crippen LogP contribution in [0.15, 0.2) is 18.2 Å². The molecule has 1 aromatic carbocycles. The van der Waals surface area contributed by atoms with Crippen molar-refractivity contribution < 1.29 is 4.74 Å². The highest BCUT2D eigenvalue weighted by atomic mass is 16.5. The van der Waals surface area contributed by atoms with Crippen molar-refractivity contribution in [1.82, 2.24) is 0 Å². The maximum atomic E-state index is 5.95. The molecule has 0 spiro atoms. The van der Waals surface area contributed by atoms with Crippen molar-refractivity contribution in [2.75, 3.05) is 6.61 Å². The Bertz CT molecular complexity index is 347. The van der Waals surface area contributed by atoms with E-state index in [1.54, 1.807) is 0 Å². The predicted molar refractivity (Wildman–Crippen MR) is 73.3 cm³/mol.